The molecule has 1 atom stereocenters. The van der Waals surface area contributed by atoms with E-state index in [4.69, 9.17) is 17.3 Å². The van der Waals surface area contributed by atoms with Gasteiger partial charge in [0.1, 0.15) is 12.4 Å². The predicted molar refractivity (Wildman–Crippen MR) is 145 cm³/mol. The van der Waals surface area contributed by atoms with E-state index in [2.05, 4.69) is 22.6 Å². The van der Waals surface area contributed by atoms with Crippen molar-refractivity contribution in [1.82, 2.24) is 5.32 Å². The zero-order chi connectivity index (χ0) is 27.2. The number of amides is 2. The first-order valence-electron chi connectivity index (χ1n) is 10.9. The molecule has 3 aromatic carbocycles. The fourth-order valence-corrected chi connectivity index (χ4v) is 4.70. The van der Waals surface area contributed by atoms with Gasteiger partial charge in [-0.25, -0.2) is 8.60 Å². The van der Waals surface area contributed by atoms with Gasteiger partial charge in [0.15, 0.2) is 0 Å². The Balaban J connectivity index is 1.82. The summed E-state index contributed by atoms with van der Waals surface area (Å²) in [6, 6.07) is 17.6. The number of hydrogen-bond donors (Lipinski definition) is 3. The number of halogens is 2. The van der Waals surface area contributed by atoms with E-state index in [1.807, 2.05) is 0 Å². The molecule has 0 fully saturated rings. The maximum Gasteiger partial charge on any atom is 0.251 e. The lowest BCUT2D eigenvalue weighted by atomic mass is 10.1. The van der Waals surface area contributed by atoms with Crippen LogP contribution in [0.15, 0.2) is 60.7 Å². The number of carbonyl (C=O) groups is 2. The average Bonchev–Trinajstić information content (AvgIpc) is 2.84. The summed E-state index contributed by atoms with van der Waals surface area (Å²) >= 11 is 6.21. The lowest BCUT2D eigenvalue weighted by molar-refractivity contribution is -0.116. The second-order valence-corrected chi connectivity index (χ2v) is 11.1. The van der Waals surface area contributed by atoms with Crippen LogP contribution < -0.4 is 20.7 Å². The molecule has 0 radical (unpaired) electrons. The molecular formula is C26H25ClFN5O3S. The molecule has 37 heavy (non-hydrogen) atoms. The van der Waals surface area contributed by atoms with Crippen molar-refractivity contribution in [2.75, 3.05) is 22.4 Å². The number of nitrogens with one attached hydrogen (secondary N) is 2. The quantitative estimate of drug-likeness (QED) is 0.339. The Morgan fingerprint density at radius 2 is 1.86 bits per heavy atom. The molecule has 8 nitrogen and oxygen atoms in total. The van der Waals surface area contributed by atoms with Gasteiger partial charge in [-0.2, -0.15) is 5.26 Å². The van der Waals surface area contributed by atoms with Gasteiger partial charge in [0.25, 0.3) is 5.91 Å². The van der Waals surface area contributed by atoms with E-state index in [1.165, 1.54) is 34.8 Å². The van der Waals surface area contributed by atoms with Crippen LogP contribution in [0.2, 0.25) is 5.02 Å². The summed E-state index contributed by atoms with van der Waals surface area (Å²) in [5.41, 5.74) is 7.77. The highest BCUT2D eigenvalue weighted by molar-refractivity contribution is 8.00. The molecule has 11 heteroatoms. The number of rotatable bonds is 10. The van der Waals surface area contributed by atoms with Crippen molar-refractivity contribution >= 4 is 50.4 Å². The van der Waals surface area contributed by atoms with E-state index in [0.717, 1.165) is 0 Å². The van der Waals surface area contributed by atoms with Gasteiger partial charge in [-0.15, -0.1) is 0 Å². The van der Waals surface area contributed by atoms with Crippen molar-refractivity contribution < 1.29 is 18.2 Å². The Hall–Kier alpha value is -4.07. The number of carbonyl (C=O) groups excluding carboxylic acids is 2. The highest BCUT2D eigenvalue weighted by atomic mass is 35.5. The van der Waals surface area contributed by atoms with Gasteiger partial charge in [0.2, 0.25) is 5.91 Å². The third-order valence-electron chi connectivity index (χ3n) is 5.30. The minimum absolute atomic E-state index is 0.0802. The van der Waals surface area contributed by atoms with Crippen LogP contribution in [0.5, 0.6) is 0 Å². The second-order valence-electron chi connectivity index (χ2n) is 8.27. The van der Waals surface area contributed by atoms with E-state index >= 15 is 0 Å². The Morgan fingerprint density at radius 3 is 2.51 bits per heavy atom. The van der Waals surface area contributed by atoms with Gasteiger partial charge in [0, 0.05) is 50.9 Å². The number of nitrogens with two attached hydrogens (primary N) is 1. The second kappa shape index (κ2) is 11.8. The standard InChI is InChI=1S/C26H25ClFN5O3S/c1-37(2,36)33(16-25(30)34)22-11-20(10-21(27)12-22)26(35)32-15-19-8-7-17(13-29)9-24(19)31-14-18-5-3-4-6-23(18)28/h3-12,31H,1,14-16H2,2H3,(H2,30,34)(H,32,35). The number of nitrogens with zero attached hydrogens (tertiary/aromatic N) is 2. The first-order valence-corrected chi connectivity index (χ1v) is 13.4. The van der Waals surface area contributed by atoms with Gasteiger partial charge in [-0.1, -0.05) is 35.9 Å². The molecule has 2 amide bonds. The van der Waals surface area contributed by atoms with Crippen LogP contribution in [0, 0.1) is 17.1 Å². The number of nitriles is 1. The molecule has 0 aliphatic heterocycles. The van der Waals surface area contributed by atoms with Crippen LogP contribution in [0.4, 0.5) is 15.8 Å². The van der Waals surface area contributed by atoms with Crippen LogP contribution in [-0.2, 0) is 27.6 Å². The number of benzene rings is 3. The molecule has 0 saturated heterocycles. The van der Waals surface area contributed by atoms with Crippen LogP contribution >= 0.6 is 11.6 Å². The molecule has 0 aliphatic rings. The molecule has 1 unspecified atom stereocenters. The molecule has 3 rings (SSSR count). The van der Waals surface area contributed by atoms with E-state index in [0.29, 0.717) is 22.4 Å². The molecule has 3 aromatic rings. The number of primary amides is 1. The average molecular weight is 542 g/mol. The van der Waals surface area contributed by atoms with Crippen LogP contribution in [0.25, 0.3) is 0 Å². The van der Waals surface area contributed by atoms with E-state index in [9.17, 15) is 23.5 Å². The maximum atomic E-state index is 14.0. The maximum absolute atomic E-state index is 14.0. The van der Waals surface area contributed by atoms with Crippen molar-refractivity contribution in [1.29, 1.82) is 5.26 Å². The normalized spacial score (nSPS) is 12.2. The first-order chi connectivity index (χ1) is 17.5. The molecule has 0 spiro atoms. The monoisotopic (exact) mass is 541 g/mol. The number of hydrogen-bond acceptors (Lipinski definition) is 5. The lowest BCUT2D eigenvalue weighted by Gasteiger charge is -2.25. The molecule has 4 N–H and O–H groups in total. The summed E-state index contributed by atoms with van der Waals surface area (Å²) < 4.78 is 27.8. The summed E-state index contributed by atoms with van der Waals surface area (Å²) in [6.07, 6.45) is 1.34. The summed E-state index contributed by atoms with van der Waals surface area (Å²) in [5.74, 6) is 2.03. The van der Waals surface area contributed by atoms with E-state index in [1.54, 1.807) is 36.4 Å². The van der Waals surface area contributed by atoms with Crippen molar-refractivity contribution in [3.8, 4) is 6.07 Å². The Morgan fingerprint density at radius 1 is 1.14 bits per heavy atom. The van der Waals surface area contributed by atoms with E-state index < -0.39 is 21.5 Å². The minimum Gasteiger partial charge on any atom is -0.381 e. The summed E-state index contributed by atoms with van der Waals surface area (Å²) in [6.45, 7) is -0.115. The lowest BCUT2D eigenvalue weighted by Crippen LogP contribution is -2.38. The third kappa shape index (κ3) is 7.46. The van der Waals surface area contributed by atoms with Gasteiger partial charge in [0.05, 0.1) is 17.3 Å². The van der Waals surface area contributed by atoms with Crippen molar-refractivity contribution in [3.63, 3.8) is 0 Å². The van der Waals surface area contributed by atoms with Crippen LogP contribution in [0.3, 0.4) is 0 Å². The fraction of sp³-hybridized carbons (Fsp3) is 0.154. The molecule has 0 aromatic heterocycles. The molecular weight excluding hydrogens is 517 g/mol. The van der Waals surface area contributed by atoms with Crippen molar-refractivity contribution in [3.05, 3.63) is 93.8 Å². The third-order valence-corrected chi connectivity index (χ3v) is 6.79. The topological polar surface area (TPSA) is 128 Å². The predicted octanol–water partition coefficient (Wildman–Crippen LogP) is 3.45. The smallest absolute Gasteiger partial charge is 0.251 e. The molecule has 0 aliphatic carbocycles. The fourth-order valence-electron chi connectivity index (χ4n) is 3.52. The Kier molecular flexibility index (Phi) is 8.76. The van der Waals surface area contributed by atoms with E-state index in [-0.39, 0.29) is 41.7 Å². The largest absolute Gasteiger partial charge is 0.381 e. The highest BCUT2D eigenvalue weighted by Gasteiger charge is 2.19. The SMILES string of the molecule is C=S(C)(=O)N(CC(N)=O)c1cc(Cl)cc(C(=O)NCc2ccc(C#N)cc2NCc2ccccc2F)c1. The van der Waals surface area contributed by atoms with Gasteiger partial charge < -0.3 is 16.4 Å². The molecule has 0 bridgehead atoms. The summed E-state index contributed by atoms with van der Waals surface area (Å²) in [7, 11) is -2.89. The Bertz CT molecular complexity index is 1490. The summed E-state index contributed by atoms with van der Waals surface area (Å²) in [5, 5.41) is 15.4. The first kappa shape index (κ1) is 27.5. The molecule has 0 heterocycles. The zero-order valence-electron chi connectivity index (χ0n) is 20.0. The summed E-state index contributed by atoms with van der Waals surface area (Å²) in [4.78, 5) is 24.5. The van der Waals surface area contributed by atoms with Crippen molar-refractivity contribution in [2.45, 2.75) is 13.1 Å². The number of anilines is 2. The highest BCUT2D eigenvalue weighted by Crippen LogP contribution is 2.25. The van der Waals surface area contributed by atoms with Crippen LogP contribution in [0.1, 0.15) is 27.0 Å². The van der Waals surface area contributed by atoms with Gasteiger partial charge in [-0.3, -0.25) is 13.9 Å². The zero-order valence-corrected chi connectivity index (χ0v) is 21.5. The van der Waals surface area contributed by atoms with Crippen molar-refractivity contribution in [2.24, 2.45) is 5.73 Å². The molecule has 0 saturated carbocycles. The minimum atomic E-state index is -2.89. The Labute approximate surface area is 220 Å². The van der Waals surface area contributed by atoms with Gasteiger partial charge in [-0.05, 0) is 47.8 Å². The van der Waals surface area contributed by atoms with Crippen LogP contribution in [-0.4, -0.2) is 34.7 Å². The molecule has 192 valence electrons. The van der Waals surface area contributed by atoms with Gasteiger partial charge >= 0.3 is 0 Å².